The van der Waals surface area contributed by atoms with E-state index in [-0.39, 0.29) is 10.7 Å². The van der Waals surface area contributed by atoms with Crippen LogP contribution in [0.2, 0.25) is 0 Å². The molecule has 0 aromatic carbocycles. The van der Waals surface area contributed by atoms with Gasteiger partial charge in [0, 0.05) is 13.1 Å². The number of rotatable bonds is 5. The maximum Gasteiger partial charge on any atom is 0.301 e. The highest BCUT2D eigenvalue weighted by molar-refractivity contribution is 7.99. The first-order valence-corrected chi connectivity index (χ1v) is 6.79. The van der Waals surface area contributed by atoms with Crippen LogP contribution in [0.25, 0.3) is 0 Å². The minimum absolute atomic E-state index is 0.0562. The highest BCUT2D eigenvalue weighted by Gasteiger charge is 2.29. The van der Waals surface area contributed by atoms with E-state index in [0.717, 1.165) is 24.6 Å². The lowest BCUT2D eigenvalue weighted by Crippen LogP contribution is -2.01. The van der Waals surface area contributed by atoms with Crippen LogP contribution in [0.3, 0.4) is 0 Å². The number of nitrogens with one attached hydrogen (secondary N) is 1. The number of hydrogen-bond donors (Lipinski definition) is 1. The fraction of sp³-hybridized carbons (Fsp3) is 0.400. The van der Waals surface area contributed by atoms with Crippen LogP contribution in [0.4, 0.5) is 11.5 Å². The van der Waals surface area contributed by atoms with Gasteiger partial charge in [0.25, 0.3) is 0 Å². The Bertz CT molecular complexity index is 655. The minimum atomic E-state index is -0.458. The molecule has 104 valence electrons. The first-order valence-electron chi connectivity index (χ1n) is 5.98. The van der Waals surface area contributed by atoms with Gasteiger partial charge in [0.2, 0.25) is 5.16 Å². The molecule has 0 saturated heterocycles. The van der Waals surface area contributed by atoms with Crippen molar-refractivity contribution in [1.82, 2.24) is 25.2 Å². The molecule has 0 aliphatic heterocycles. The highest BCUT2D eigenvalue weighted by Crippen LogP contribution is 2.39. The molecule has 3 rings (SSSR count). The smallest absolute Gasteiger partial charge is 0.301 e. The molecular weight excluding hydrogens is 282 g/mol. The number of anilines is 1. The summed E-state index contributed by atoms with van der Waals surface area (Å²) in [5.41, 5.74) is -0.0562. The van der Waals surface area contributed by atoms with E-state index in [0.29, 0.717) is 17.0 Å². The van der Waals surface area contributed by atoms with Gasteiger partial charge in [0.15, 0.2) is 5.03 Å². The van der Waals surface area contributed by atoms with Crippen LogP contribution in [0, 0.1) is 10.1 Å². The summed E-state index contributed by atoms with van der Waals surface area (Å²) < 4.78 is 1.70. The van der Waals surface area contributed by atoms with Gasteiger partial charge in [0.1, 0.15) is 5.82 Å². The van der Waals surface area contributed by atoms with Crippen molar-refractivity contribution in [2.45, 2.75) is 29.1 Å². The Kier molecular flexibility index (Phi) is 3.22. The van der Waals surface area contributed by atoms with Gasteiger partial charge in [-0.3, -0.25) is 10.1 Å². The first kappa shape index (κ1) is 12.8. The summed E-state index contributed by atoms with van der Waals surface area (Å²) in [5.74, 6) is 0.559. The Morgan fingerprint density at radius 1 is 1.50 bits per heavy atom. The number of pyridine rings is 1. The molecule has 1 aliphatic rings. The summed E-state index contributed by atoms with van der Waals surface area (Å²) in [6.45, 7) is 0. The molecule has 9 nitrogen and oxygen atoms in total. The molecule has 20 heavy (non-hydrogen) atoms. The fourth-order valence-electron chi connectivity index (χ4n) is 1.67. The summed E-state index contributed by atoms with van der Waals surface area (Å²) >= 11 is 1.11. The number of nitro groups is 1. The maximum atomic E-state index is 11.1. The van der Waals surface area contributed by atoms with E-state index in [4.69, 9.17) is 0 Å². The average Bonchev–Trinajstić information content (AvgIpc) is 3.19. The van der Waals surface area contributed by atoms with Crippen molar-refractivity contribution < 1.29 is 4.92 Å². The Labute approximate surface area is 117 Å². The van der Waals surface area contributed by atoms with Crippen LogP contribution in [-0.4, -0.2) is 37.2 Å². The summed E-state index contributed by atoms with van der Waals surface area (Å²) in [4.78, 5) is 14.8. The molecule has 0 amide bonds. The summed E-state index contributed by atoms with van der Waals surface area (Å²) in [5, 5.41) is 26.2. The monoisotopic (exact) mass is 293 g/mol. The molecule has 0 atom stereocenters. The quantitative estimate of drug-likeness (QED) is 0.652. The van der Waals surface area contributed by atoms with Gasteiger partial charge < -0.3 is 5.32 Å². The Morgan fingerprint density at radius 2 is 2.30 bits per heavy atom. The van der Waals surface area contributed by atoms with Gasteiger partial charge in [-0.25, -0.2) is 9.67 Å². The molecule has 1 fully saturated rings. The Balaban J connectivity index is 1.95. The highest BCUT2D eigenvalue weighted by atomic mass is 32.2. The van der Waals surface area contributed by atoms with E-state index in [1.165, 1.54) is 6.07 Å². The molecule has 0 bridgehead atoms. The zero-order chi connectivity index (χ0) is 14.1. The van der Waals surface area contributed by atoms with E-state index in [9.17, 15) is 10.1 Å². The number of nitrogens with zero attached hydrogens (tertiary/aromatic N) is 6. The second-order valence-corrected chi connectivity index (χ2v) is 5.22. The fourth-order valence-corrected chi connectivity index (χ4v) is 2.59. The average molecular weight is 293 g/mol. The van der Waals surface area contributed by atoms with Crippen molar-refractivity contribution in [1.29, 1.82) is 0 Å². The van der Waals surface area contributed by atoms with Crippen LogP contribution in [-0.2, 0) is 0 Å². The van der Waals surface area contributed by atoms with Crippen molar-refractivity contribution in [3.63, 3.8) is 0 Å². The zero-order valence-electron chi connectivity index (χ0n) is 10.6. The Hall–Kier alpha value is -2.23. The largest absolute Gasteiger partial charge is 0.373 e. The number of hydrogen-bond acceptors (Lipinski definition) is 8. The third-order valence-corrected chi connectivity index (χ3v) is 3.78. The van der Waals surface area contributed by atoms with E-state index < -0.39 is 4.92 Å². The van der Waals surface area contributed by atoms with Crippen LogP contribution in [0.5, 0.6) is 0 Å². The lowest BCUT2D eigenvalue weighted by Gasteiger charge is -2.05. The minimum Gasteiger partial charge on any atom is -0.373 e. The first-order chi connectivity index (χ1) is 9.69. The second-order valence-electron chi connectivity index (χ2n) is 4.27. The Morgan fingerprint density at radius 3 is 2.95 bits per heavy atom. The maximum absolute atomic E-state index is 11.1. The van der Waals surface area contributed by atoms with Gasteiger partial charge >= 0.3 is 5.69 Å². The van der Waals surface area contributed by atoms with Crippen LogP contribution in [0.1, 0.15) is 18.9 Å². The third kappa shape index (κ3) is 2.41. The van der Waals surface area contributed by atoms with Gasteiger partial charge in [0.05, 0.1) is 11.0 Å². The van der Waals surface area contributed by atoms with Gasteiger partial charge in [-0.05, 0) is 41.1 Å². The predicted octanol–water partition coefficient (Wildman–Crippen LogP) is 1.50. The van der Waals surface area contributed by atoms with E-state index >= 15 is 0 Å². The van der Waals surface area contributed by atoms with Gasteiger partial charge in [-0.2, -0.15) is 0 Å². The topological polar surface area (TPSA) is 112 Å². The molecule has 0 unspecified atom stereocenters. The van der Waals surface area contributed by atoms with Crippen molar-refractivity contribution in [3.8, 4) is 0 Å². The molecule has 1 saturated carbocycles. The van der Waals surface area contributed by atoms with Crippen molar-refractivity contribution in [2.24, 2.45) is 0 Å². The summed E-state index contributed by atoms with van der Waals surface area (Å²) in [7, 11) is 1.71. The molecule has 2 aromatic heterocycles. The third-order valence-electron chi connectivity index (χ3n) is 2.84. The van der Waals surface area contributed by atoms with Crippen LogP contribution in [0.15, 0.2) is 22.3 Å². The number of aromatic nitrogens is 5. The molecule has 1 N–H and O–H groups in total. The SMILES string of the molecule is CNc1ccc([N+](=O)[O-])c(Sc2nnnn2C2CC2)n1. The summed E-state index contributed by atoms with van der Waals surface area (Å²) in [6.07, 6.45) is 2.06. The van der Waals surface area contributed by atoms with Crippen LogP contribution < -0.4 is 5.32 Å². The lowest BCUT2D eigenvalue weighted by molar-refractivity contribution is -0.388. The van der Waals surface area contributed by atoms with E-state index in [1.54, 1.807) is 17.8 Å². The zero-order valence-corrected chi connectivity index (χ0v) is 11.4. The molecular formula is C10H11N7O2S. The summed E-state index contributed by atoms with van der Waals surface area (Å²) in [6, 6.07) is 3.29. The predicted molar refractivity (Wildman–Crippen MR) is 70.6 cm³/mol. The standard InChI is InChI=1S/C10H11N7O2S/c1-11-8-5-4-7(17(18)19)9(12-8)20-10-13-14-15-16(10)6-2-3-6/h4-6H,2-3H2,1H3,(H,11,12). The molecule has 0 spiro atoms. The van der Waals surface area contributed by atoms with Crippen molar-refractivity contribution >= 4 is 23.3 Å². The van der Waals surface area contributed by atoms with Crippen LogP contribution >= 0.6 is 11.8 Å². The van der Waals surface area contributed by atoms with Crippen molar-refractivity contribution in [3.05, 3.63) is 22.2 Å². The van der Waals surface area contributed by atoms with Gasteiger partial charge in [-0.15, -0.1) is 5.10 Å². The van der Waals surface area contributed by atoms with Crippen molar-refractivity contribution in [2.75, 3.05) is 12.4 Å². The molecule has 1 aliphatic carbocycles. The van der Waals surface area contributed by atoms with E-state index in [2.05, 4.69) is 25.8 Å². The van der Waals surface area contributed by atoms with E-state index in [1.807, 2.05) is 0 Å². The second kappa shape index (κ2) is 5.04. The number of tetrazole rings is 1. The van der Waals surface area contributed by atoms with Gasteiger partial charge in [-0.1, -0.05) is 0 Å². The molecule has 2 aromatic rings. The normalized spacial score (nSPS) is 14.2. The lowest BCUT2D eigenvalue weighted by atomic mass is 10.4. The molecule has 2 heterocycles. The molecule has 0 radical (unpaired) electrons. The molecule has 10 heteroatoms.